The smallest absolute Gasteiger partial charge is 0.262 e. The van der Waals surface area contributed by atoms with E-state index in [9.17, 15) is 4.79 Å². The standard InChI is InChI=1S/C27H20BrN5O2S/c28-20-7-8-22-21(11-20)19(13-29-22)14-31-33-24(16-36-27(33)30-12-17-4-2-1-3-5-17)18-6-9-25-23(10-18)32-26(34)15-35-25/h1-11,13-14,16,29H,12,15H2,(H,32,34). The van der Waals surface area contributed by atoms with Gasteiger partial charge in [0.1, 0.15) is 5.75 Å². The molecular formula is C27H20BrN5O2S. The Balaban J connectivity index is 1.44. The second-order valence-corrected chi connectivity index (χ2v) is 10.00. The molecule has 0 spiro atoms. The predicted octanol–water partition coefficient (Wildman–Crippen LogP) is 5.77. The molecule has 2 aromatic heterocycles. The topological polar surface area (TPSA) is 83.8 Å². The minimum Gasteiger partial charge on any atom is -0.482 e. The van der Waals surface area contributed by atoms with Crippen molar-refractivity contribution in [2.75, 3.05) is 11.9 Å². The van der Waals surface area contributed by atoms with Crippen LogP contribution in [0.5, 0.6) is 5.75 Å². The molecule has 9 heteroatoms. The van der Waals surface area contributed by atoms with Gasteiger partial charge < -0.3 is 15.0 Å². The number of hydrogen-bond acceptors (Lipinski definition) is 5. The van der Waals surface area contributed by atoms with E-state index in [1.807, 2.05) is 71.0 Å². The van der Waals surface area contributed by atoms with Gasteiger partial charge in [0, 0.05) is 38.1 Å². The van der Waals surface area contributed by atoms with Crippen LogP contribution < -0.4 is 14.9 Å². The van der Waals surface area contributed by atoms with Crippen LogP contribution >= 0.6 is 27.3 Å². The number of aromatic amines is 1. The number of nitrogens with one attached hydrogen (secondary N) is 2. The molecule has 0 unspecified atom stereocenters. The van der Waals surface area contributed by atoms with E-state index in [0.717, 1.165) is 42.6 Å². The van der Waals surface area contributed by atoms with E-state index in [2.05, 4.69) is 44.4 Å². The average Bonchev–Trinajstić information content (AvgIpc) is 3.49. The van der Waals surface area contributed by atoms with Gasteiger partial charge in [-0.2, -0.15) is 5.10 Å². The van der Waals surface area contributed by atoms with E-state index >= 15 is 0 Å². The average molecular weight is 558 g/mol. The number of H-pyrrole nitrogens is 1. The molecule has 6 rings (SSSR count). The summed E-state index contributed by atoms with van der Waals surface area (Å²) in [7, 11) is 0. The highest BCUT2D eigenvalue weighted by molar-refractivity contribution is 9.10. The number of anilines is 1. The van der Waals surface area contributed by atoms with Crippen molar-refractivity contribution in [2.45, 2.75) is 6.54 Å². The highest BCUT2D eigenvalue weighted by atomic mass is 79.9. The number of aromatic nitrogens is 2. The van der Waals surface area contributed by atoms with E-state index in [-0.39, 0.29) is 12.5 Å². The highest BCUT2D eigenvalue weighted by Crippen LogP contribution is 2.33. The quantitative estimate of drug-likeness (QED) is 0.269. The van der Waals surface area contributed by atoms with Gasteiger partial charge in [-0.15, -0.1) is 11.3 Å². The lowest BCUT2D eigenvalue weighted by molar-refractivity contribution is -0.118. The van der Waals surface area contributed by atoms with Gasteiger partial charge in [0.05, 0.1) is 24.1 Å². The number of ether oxygens (including phenoxy) is 1. The molecule has 0 bridgehead atoms. The third-order valence-electron chi connectivity index (χ3n) is 5.82. The summed E-state index contributed by atoms with van der Waals surface area (Å²) in [6.45, 7) is 0.572. The third kappa shape index (κ3) is 4.50. The highest BCUT2D eigenvalue weighted by Gasteiger charge is 2.18. The first-order valence-electron chi connectivity index (χ1n) is 11.3. The monoisotopic (exact) mass is 557 g/mol. The summed E-state index contributed by atoms with van der Waals surface area (Å²) in [6, 6.07) is 22.0. The minimum absolute atomic E-state index is 0.0261. The van der Waals surface area contributed by atoms with Crippen LogP contribution in [-0.2, 0) is 11.3 Å². The van der Waals surface area contributed by atoms with Crippen molar-refractivity contribution >= 4 is 56.0 Å². The molecule has 0 radical (unpaired) electrons. The van der Waals surface area contributed by atoms with Crippen molar-refractivity contribution in [3.05, 3.63) is 98.7 Å². The number of rotatable bonds is 5. The molecule has 36 heavy (non-hydrogen) atoms. The lowest BCUT2D eigenvalue weighted by Gasteiger charge is -2.18. The van der Waals surface area contributed by atoms with Gasteiger partial charge in [-0.1, -0.05) is 46.3 Å². The van der Waals surface area contributed by atoms with Crippen molar-refractivity contribution in [1.29, 1.82) is 0 Å². The Hall–Kier alpha value is -3.95. The lowest BCUT2D eigenvalue weighted by atomic mass is 10.1. The van der Waals surface area contributed by atoms with E-state index < -0.39 is 0 Å². The Bertz CT molecular complexity index is 1680. The predicted molar refractivity (Wildman–Crippen MR) is 147 cm³/mol. The molecule has 0 atom stereocenters. The fourth-order valence-electron chi connectivity index (χ4n) is 4.04. The molecule has 0 aliphatic carbocycles. The van der Waals surface area contributed by atoms with Crippen molar-refractivity contribution in [1.82, 2.24) is 9.66 Å². The Morgan fingerprint density at radius 2 is 2.00 bits per heavy atom. The van der Waals surface area contributed by atoms with Crippen LogP contribution in [0.3, 0.4) is 0 Å². The van der Waals surface area contributed by atoms with Crippen LogP contribution in [0.4, 0.5) is 5.69 Å². The van der Waals surface area contributed by atoms with E-state index in [0.29, 0.717) is 18.0 Å². The molecular weight excluding hydrogens is 538 g/mol. The fraction of sp³-hybridized carbons (Fsp3) is 0.0741. The Morgan fingerprint density at radius 1 is 1.11 bits per heavy atom. The molecule has 3 heterocycles. The number of carbonyl (C=O) groups excluding carboxylic acids is 1. The van der Waals surface area contributed by atoms with Crippen molar-refractivity contribution < 1.29 is 9.53 Å². The zero-order valence-corrected chi connectivity index (χ0v) is 21.3. The second-order valence-electron chi connectivity index (χ2n) is 8.24. The number of nitrogens with zero attached hydrogens (tertiary/aromatic N) is 3. The first-order chi connectivity index (χ1) is 17.6. The van der Waals surface area contributed by atoms with Gasteiger partial charge in [-0.3, -0.25) is 9.79 Å². The van der Waals surface area contributed by atoms with Gasteiger partial charge in [0.2, 0.25) is 4.80 Å². The second kappa shape index (κ2) is 9.60. The van der Waals surface area contributed by atoms with Gasteiger partial charge in [0.25, 0.3) is 5.91 Å². The van der Waals surface area contributed by atoms with E-state index in [4.69, 9.17) is 14.8 Å². The number of halogens is 1. The first-order valence-corrected chi connectivity index (χ1v) is 12.9. The first kappa shape index (κ1) is 22.5. The zero-order valence-electron chi connectivity index (χ0n) is 18.9. The molecule has 1 aliphatic heterocycles. The molecule has 7 nitrogen and oxygen atoms in total. The minimum atomic E-state index is -0.167. The summed E-state index contributed by atoms with van der Waals surface area (Å²) in [5.74, 6) is 0.488. The number of amides is 1. The molecule has 0 saturated carbocycles. The maximum atomic E-state index is 11.8. The van der Waals surface area contributed by atoms with Crippen LogP contribution in [-0.4, -0.2) is 28.4 Å². The van der Waals surface area contributed by atoms with Crippen molar-refractivity contribution in [3.8, 4) is 17.0 Å². The number of thiazole rings is 1. The number of fused-ring (bicyclic) bond motifs is 2. The summed E-state index contributed by atoms with van der Waals surface area (Å²) in [5, 5.41) is 10.8. The summed E-state index contributed by atoms with van der Waals surface area (Å²) in [4.78, 5) is 20.8. The number of carbonyl (C=O) groups is 1. The van der Waals surface area contributed by atoms with Crippen LogP contribution in [0, 0.1) is 0 Å². The van der Waals surface area contributed by atoms with Crippen LogP contribution in [0.2, 0.25) is 0 Å². The number of hydrogen-bond donors (Lipinski definition) is 2. The molecule has 3 aromatic carbocycles. The maximum absolute atomic E-state index is 11.8. The van der Waals surface area contributed by atoms with Crippen molar-refractivity contribution in [3.63, 3.8) is 0 Å². The van der Waals surface area contributed by atoms with Crippen LogP contribution in [0.1, 0.15) is 11.1 Å². The largest absolute Gasteiger partial charge is 0.482 e. The molecule has 0 saturated heterocycles. The molecule has 1 amide bonds. The summed E-state index contributed by atoms with van der Waals surface area (Å²) < 4.78 is 8.37. The summed E-state index contributed by atoms with van der Waals surface area (Å²) in [5.41, 5.74) is 5.54. The normalized spacial score (nSPS) is 13.7. The van der Waals surface area contributed by atoms with Crippen LogP contribution in [0.25, 0.3) is 22.2 Å². The molecule has 178 valence electrons. The zero-order chi connectivity index (χ0) is 24.5. The molecule has 5 aromatic rings. The molecule has 2 N–H and O–H groups in total. The number of benzene rings is 3. The maximum Gasteiger partial charge on any atom is 0.262 e. The van der Waals surface area contributed by atoms with Gasteiger partial charge in [-0.05, 0) is 42.0 Å². The SMILES string of the molecule is O=C1COc2ccc(-c3csc(=NCc4ccccc4)n3N=Cc3c[nH]c4ccc(Br)cc34)cc2N1. The Labute approximate surface area is 218 Å². The lowest BCUT2D eigenvalue weighted by Crippen LogP contribution is -2.25. The Morgan fingerprint density at radius 3 is 2.89 bits per heavy atom. The van der Waals surface area contributed by atoms with Gasteiger partial charge in [0.15, 0.2) is 6.61 Å². The summed E-state index contributed by atoms with van der Waals surface area (Å²) in [6.07, 6.45) is 3.78. The fourth-order valence-corrected chi connectivity index (χ4v) is 5.24. The summed E-state index contributed by atoms with van der Waals surface area (Å²) >= 11 is 5.07. The molecule has 1 aliphatic rings. The Kier molecular flexibility index (Phi) is 6.00. The van der Waals surface area contributed by atoms with Gasteiger partial charge >= 0.3 is 0 Å². The van der Waals surface area contributed by atoms with Gasteiger partial charge in [-0.25, -0.2) is 4.68 Å². The van der Waals surface area contributed by atoms with Crippen molar-refractivity contribution in [2.24, 2.45) is 10.1 Å². The third-order valence-corrected chi connectivity index (χ3v) is 7.17. The molecule has 0 fully saturated rings. The van der Waals surface area contributed by atoms with E-state index in [1.54, 1.807) is 0 Å². The van der Waals surface area contributed by atoms with E-state index in [1.165, 1.54) is 11.3 Å². The van der Waals surface area contributed by atoms with Crippen LogP contribution in [0.15, 0.2) is 92.9 Å².